The van der Waals surface area contributed by atoms with Crippen LogP contribution in [0.1, 0.15) is 42.4 Å². The Morgan fingerprint density at radius 3 is 2.67 bits per heavy atom. The summed E-state index contributed by atoms with van der Waals surface area (Å²) in [7, 11) is 0. The van der Waals surface area contributed by atoms with Gasteiger partial charge in [0.2, 0.25) is 0 Å². The Bertz CT molecular complexity index is 913. The molecule has 0 unspecified atom stereocenters. The molecule has 0 atom stereocenters. The van der Waals surface area contributed by atoms with Crippen molar-refractivity contribution in [2.75, 3.05) is 18.0 Å². The second kappa shape index (κ2) is 7.64. The monoisotopic (exact) mass is 365 g/mol. The Balaban J connectivity index is 1.47. The Morgan fingerprint density at radius 1 is 1.15 bits per heavy atom. The Morgan fingerprint density at radius 2 is 1.96 bits per heavy atom. The van der Waals surface area contributed by atoms with Crippen LogP contribution in [0.3, 0.4) is 0 Å². The Kier molecular flexibility index (Phi) is 5.07. The minimum atomic E-state index is 0.285. The van der Waals surface area contributed by atoms with Gasteiger partial charge in [-0.15, -0.1) is 0 Å². The highest BCUT2D eigenvalue weighted by molar-refractivity contribution is 5.57. The molecule has 1 saturated heterocycles. The molecule has 6 heteroatoms. The van der Waals surface area contributed by atoms with Crippen LogP contribution in [-0.4, -0.2) is 38.8 Å². The predicted octanol–water partition coefficient (Wildman–Crippen LogP) is 3.49. The summed E-state index contributed by atoms with van der Waals surface area (Å²) >= 11 is 0. The molecule has 0 radical (unpaired) electrons. The van der Waals surface area contributed by atoms with Gasteiger partial charge in [0.05, 0.1) is 24.1 Å². The van der Waals surface area contributed by atoms with E-state index in [1.807, 2.05) is 28.9 Å². The average Bonchev–Trinajstić information content (AvgIpc) is 3.01. The molecular formula is C21H27N5O. The highest BCUT2D eigenvalue weighted by atomic mass is 16.5. The Labute approximate surface area is 160 Å². The van der Waals surface area contributed by atoms with Crippen LogP contribution >= 0.6 is 0 Å². The summed E-state index contributed by atoms with van der Waals surface area (Å²) in [5.74, 6) is 1.15. The fourth-order valence-corrected chi connectivity index (χ4v) is 3.61. The first-order chi connectivity index (χ1) is 13.2. The van der Waals surface area contributed by atoms with E-state index in [2.05, 4.69) is 36.7 Å². The van der Waals surface area contributed by atoms with E-state index in [0.29, 0.717) is 6.61 Å². The van der Waals surface area contributed by atoms with E-state index in [4.69, 9.17) is 14.8 Å². The van der Waals surface area contributed by atoms with Gasteiger partial charge in [-0.2, -0.15) is 9.61 Å². The van der Waals surface area contributed by atoms with Crippen molar-refractivity contribution in [3.8, 4) is 0 Å². The summed E-state index contributed by atoms with van der Waals surface area (Å²) in [6.45, 7) is 8.82. The van der Waals surface area contributed by atoms with Crippen LogP contribution in [0.25, 0.3) is 5.65 Å². The first-order valence-corrected chi connectivity index (χ1v) is 9.78. The maximum atomic E-state index is 6.08. The number of piperidine rings is 1. The molecule has 1 fully saturated rings. The van der Waals surface area contributed by atoms with E-state index in [1.54, 1.807) is 0 Å². The fourth-order valence-electron chi connectivity index (χ4n) is 3.61. The first kappa shape index (κ1) is 17.9. The zero-order chi connectivity index (χ0) is 18.8. The zero-order valence-corrected chi connectivity index (χ0v) is 16.4. The zero-order valence-electron chi connectivity index (χ0n) is 16.4. The number of ether oxygens (including phenoxy) is 1. The maximum Gasteiger partial charge on any atom is 0.160 e. The molecule has 3 aromatic rings. The minimum absolute atomic E-state index is 0.285. The normalized spacial score (nSPS) is 15.6. The van der Waals surface area contributed by atoms with Crippen molar-refractivity contribution in [1.29, 1.82) is 0 Å². The van der Waals surface area contributed by atoms with Crippen LogP contribution in [0.4, 0.5) is 5.82 Å². The van der Waals surface area contributed by atoms with Gasteiger partial charge in [-0.3, -0.25) is 4.98 Å². The topological polar surface area (TPSA) is 55.5 Å². The molecule has 27 heavy (non-hydrogen) atoms. The van der Waals surface area contributed by atoms with Gasteiger partial charge >= 0.3 is 0 Å². The number of aryl methyl sites for hydroxylation is 3. The number of anilines is 1. The van der Waals surface area contributed by atoms with Gasteiger partial charge in [-0.1, -0.05) is 13.0 Å². The van der Waals surface area contributed by atoms with Gasteiger partial charge in [-0.25, -0.2) is 4.98 Å². The van der Waals surface area contributed by atoms with Crippen LogP contribution in [0.5, 0.6) is 0 Å². The number of hydrogen-bond acceptors (Lipinski definition) is 5. The molecule has 0 aromatic carbocycles. The standard InChI is InChI=1S/C21H27N5O/c1-4-17-13-20(26-21(23-17)15(2)16(3)24-26)25-11-8-19(9-12-25)27-14-18-7-5-6-10-22-18/h5-7,10,13,19H,4,8-9,11-12,14H2,1-3H3. The van der Waals surface area contributed by atoms with Gasteiger partial charge in [0.15, 0.2) is 5.65 Å². The summed E-state index contributed by atoms with van der Waals surface area (Å²) in [6, 6.07) is 8.13. The molecule has 0 N–H and O–H groups in total. The van der Waals surface area contributed by atoms with Crippen molar-refractivity contribution >= 4 is 11.5 Å². The van der Waals surface area contributed by atoms with E-state index >= 15 is 0 Å². The predicted molar refractivity (Wildman–Crippen MR) is 106 cm³/mol. The number of pyridine rings is 1. The third-order valence-corrected chi connectivity index (χ3v) is 5.41. The second-order valence-electron chi connectivity index (χ2n) is 7.22. The molecule has 3 aromatic heterocycles. The molecule has 0 aliphatic carbocycles. The summed E-state index contributed by atoms with van der Waals surface area (Å²) < 4.78 is 8.10. The molecule has 1 aliphatic rings. The van der Waals surface area contributed by atoms with Crippen LogP contribution in [0.15, 0.2) is 30.5 Å². The van der Waals surface area contributed by atoms with Crippen LogP contribution in [0.2, 0.25) is 0 Å². The molecule has 6 nitrogen and oxygen atoms in total. The van der Waals surface area contributed by atoms with Crippen LogP contribution < -0.4 is 4.90 Å². The number of fused-ring (bicyclic) bond motifs is 1. The lowest BCUT2D eigenvalue weighted by Crippen LogP contribution is -2.38. The molecular weight excluding hydrogens is 338 g/mol. The highest BCUT2D eigenvalue weighted by Crippen LogP contribution is 2.25. The van der Waals surface area contributed by atoms with Crippen molar-refractivity contribution in [1.82, 2.24) is 19.6 Å². The summed E-state index contributed by atoms with van der Waals surface area (Å²) in [5, 5.41) is 4.73. The summed E-state index contributed by atoms with van der Waals surface area (Å²) in [6.07, 6.45) is 5.05. The van der Waals surface area contributed by atoms with E-state index < -0.39 is 0 Å². The minimum Gasteiger partial charge on any atom is -0.372 e. The van der Waals surface area contributed by atoms with Gasteiger partial charge in [0.1, 0.15) is 5.82 Å². The van der Waals surface area contributed by atoms with E-state index in [1.165, 1.54) is 5.56 Å². The van der Waals surface area contributed by atoms with Gasteiger partial charge < -0.3 is 9.64 Å². The summed E-state index contributed by atoms with van der Waals surface area (Å²) in [5.41, 5.74) is 5.31. The van der Waals surface area contributed by atoms with Crippen molar-refractivity contribution < 1.29 is 4.74 Å². The van der Waals surface area contributed by atoms with Crippen molar-refractivity contribution in [3.05, 3.63) is 53.1 Å². The van der Waals surface area contributed by atoms with Crippen molar-refractivity contribution in [2.24, 2.45) is 0 Å². The van der Waals surface area contributed by atoms with Crippen LogP contribution in [-0.2, 0) is 17.8 Å². The second-order valence-corrected chi connectivity index (χ2v) is 7.22. The molecule has 0 spiro atoms. The third kappa shape index (κ3) is 3.67. The molecule has 4 heterocycles. The van der Waals surface area contributed by atoms with Gasteiger partial charge in [0, 0.05) is 36.6 Å². The number of nitrogens with zero attached hydrogens (tertiary/aromatic N) is 5. The first-order valence-electron chi connectivity index (χ1n) is 9.78. The molecule has 0 saturated carbocycles. The number of rotatable bonds is 5. The maximum absolute atomic E-state index is 6.08. The van der Waals surface area contributed by atoms with Gasteiger partial charge in [0.25, 0.3) is 0 Å². The van der Waals surface area contributed by atoms with E-state index in [9.17, 15) is 0 Å². The number of aromatic nitrogens is 4. The lowest BCUT2D eigenvalue weighted by atomic mass is 10.1. The molecule has 142 valence electrons. The van der Waals surface area contributed by atoms with Crippen LogP contribution in [0, 0.1) is 13.8 Å². The molecule has 0 amide bonds. The number of hydrogen-bond donors (Lipinski definition) is 0. The highest BCUT2D eigenvalue weighted by Gasteiger charge is 2.23. The van der Waals surface area contributed by atoms with Crippen molar-refractivity contribution in [3.63, 3.8) is 0 Å². The largest absolute Gasteiger partial charge is 0.372 e. The molecule has 0 bridgehead atoms. The summed E-state index contributed by atoms with van der Waals surface area (Å²) in [4.78, 5) is 11.5. The molecule has 4 rings (SSSR count). The molecule has 1 aliphatic heterocycles. The quantitative estimate of drug-likeness (QED) is 0.693. The smallest absolute Gasteiger partial charge is 0.160 e. The SMILES string of the molecule is CCc1cc(N2CCC(OCc3ccccn3)CC2)n2nc(C)c(C)c2n1. The fraction of sp³-hybridized carbons (Fsp3) is 0.476. The van der Waals surface area contributed by atoms with E-state index in [0.717, 1.165) is 60.9 Å². The van der Waals surface area contributed by atoms with E-state index in [-0.39, 0.29) is 6.10 Å². The van der Waals surface area contributed by atoms with Crippen molar-refractivity contribution in [2.45, 2.75) is 52.7 Å². The van der Waals surface area contributed by atoms with Gasteiger partial charge in [-0.05, 0) is 45.2 Å². The average molecular weight is 365 g/mol. The Hall–Kier alpha value is -2.47. The third-order valence-electron chi connectivity index (χ3n) is 5.41. The lowest BCUT2D eigenvalue weighted by molar-refractivity contribution is 0.0233. The lowest BCUT2D eigenvalue weighted by Gasteiger charge is -2.33.